The lowest BCUT2D eigenvalue weighted by molar-refractivity contribution is -0.383. The molecule has 0 radical (unpaired) electrons. The molecular formula is C20H23N5O3S2. The summed E-state index contributed by atoms with van der Waals surface area (Å²) in [5.74, 6) is 0.943. The Hall–Kier alpha value is -2.72. The van der Waals surface area contributed by atoms with Gasteiger partial charge in [-0.1, -0.05) is 37.7 Å². The van der Waals surface area contributed by atoms with Crippen LogP contribution >= 0.6 is 23.1 Å². The number of nitrogens with one attached hydrogen (secondary N) is 1. The molecule has 158 valence electrons. The van der Waals surface area contributed by atoms with Gasteiger partial charge in [0.15, 0.2) is 11.0 Å². The number of aromatic nitrogens is 3. The molecule has 0 saturated carbocycles. The van der Waals surface area contributed by atoms with Gasteiger partial charge in [-0.3, -0.25) is 19.5 Å². The van der Waals surface area contributed by atoms with Crippen LogP contribution in [0.3, 0.4) is 0 Å². The van der Waals surface area contributed by atoms with Crippen molar-refractivity contribution in [3.8, 4) is 11.4 Å². The summed E-state index contributed by atoms with van der Waals surface area (Å²) in [7, 11) is 0. The predicted molar refractivity (Wildman–Crippen MR) is 120 cm³/mol. The maximum absolute atomic E-state index is 12.4. The number of hydrogen-bond donors (Lipinski definition) is 1. The summed E-state index contributed by atoms with van der Waals surface area (Å²) in [4.78, 5) is 24.3. The molecule has 8 nitrogen and oxygen atoms in total. The third kappa shape index (κ3) is 4.88. The highest BCUT2D eigenvalue weighted by atomic mass is 32.2. The van der Waals surface area contributed by atoms with Crippen molar-refractivity contribution in [2.75, 3.05) is 11.1 Å². The minimum Gasteiger partial charge on any atom is -0.320 e. The molecule has 0 atom stereocenters. The van der Waals surface area contributed by atoms with Crippen molar-refractivity contribution in [3.63, 3.8) is 0 Å². The molecule has 0 saturated heterocycles. The summed E-state index contributed by atoms with van der Waals surface area (Å²) in [5.41, 5.74) is 1.06. The molecule has 1 amide bonds. The van der Waals surface area contributed by atoms with Crippen LogP contribution in [-0.2, 0) is 4.79 Å². The van der Waals surface area contributed by atoms with E-state index in [2.05, 4.69) is 40.8 Å². The zero-order valence-electron chi connectivity index (χ0n) is 17.2. The molecule has 0 aliphatic carbocycles. The number of para-hydroxylation sites is 2. The molecular weight excluding hydrogens is 422 g/mol. The Bertz CT molecular complexity index is 1060. The smallest absolute Gasteiger partial charge is 0.292 e. The predicted octanol–water partition coefficient (Wildman–Crippen LogP) is 5.35. The molecule has 0 aliphatic heterocycles. The summed E-state index contributed by atoms with van der Waals surface area (Å²) >= 11 is 2.95. The van der Waals surface area contributed by atoms with Gasteiger partial charge in [0.25, 0.3) is 5.69 Å². The Labute approximate surface area is 182 Å². The van der Waals surface area contributed by atoms with Crippen LogP contribution in [0.15, 0.2) is 40.9 Å². The van der Waals surface area contributed by atoms with Gasteiger partial charge in [-0.25, -0.2) is 0 Å². The molecule has 0 fully saturated rings. The average Bonchev–Trinajstić information content (AvgIpc) is 3.33. The first-order valence-corrected chi connectivity index (χ1v) is 11.3. The van der Waals surface area contributed by atoms with Gasteiger partial charge in [-0.15, -0.1) is 21.5 Å². The summed E-state index contributed by atoms with van der Waals surface area (Å²) < 4.78 is 2.01. The van der Waals surface area contributed by atoms with E-state index in [0.29, 0.717) is 11.1 Å². The van der Waals surface area contributed by atoms with Crippen LogP contribution < -0.4 is 5.32 Å². The molecule has 2 aromatic heterocycles. The highest BCUT2D eigenvalue weighted by Crippen LogP contribution is 2.33. The van der Waals surface area contributed by atoms with Crippen molar-refractivity contribution >= 4 is 40.4 Å². The molecule has 1 N–H and O–H groups in total. The Morgan fingerprint density at radius 1 is 1.27 bits per heavy atom. The minimum atomic E-state index is -0.517. The minimum absolute atomic E-state index is 0.0672. The van der Waals surface area contributed by atoms with Crippen LogP contribution in [0.4, 0.5) is 11.4 Å². The highest BCUT2D eigenvalue weighted by molar-refractivity contribution is 7.99. The lowest BCUT2D eigenvalue weighted by Crippen LogP contribution is -2.16. The second-order valence-electron chi connectivity index (χ2n) is 7.27. The number of benzene rings is 1. The first-order valence-electron chi connectivity index (χ1n) is 9.47. The van der Waals surface area contributed by atoms with Crippen molar-refractivity contribution in [3.05, 3.63) is 50.7 Å². The molecule has 0 aliphatic rings. The number of thiophene rings is 1. The first kappa shape index (κ1) is 22.0. The van der Waals surface area contributed by atoms with Crippen LogP contribution in [0.2, 0.25) is 0 Å². The number of carbonyl (C=O) groups is 1. The molecule has 3 aromatic rings. The zero-order chi connectivity index (χ0) is 21.8. The maximum atomic E-state index is 12.4. The standard InChI is InChI=1S/C20H23N5O3S2/c1-12(2)17-9-14(10-29-17)19-22-23-20(24(19)13(3)4)30-11-18(26)21-15-7-5-6-8-16(15)25(27)28/h5-10,12-13H,11H2,1-4H3,(H,21,26). The lowest BCUT2D eigenvalue weighted by Gasteiger charge is -2.13. The SMILES string of the molecule is CC(C)c1cc(-c2nnc(SCC(=O)Nc3ccccc3[N+](=O)[O-])n2C(C)C)cs1. The number of nitrogens with zero attached hydrogens (tertiary/aromatic N) is 4. The Balaban J connectivity index is 1.75. The Morgan fingerprint density at radius 2 is 2.00 bits per heavy atom. The molecule has 30 heavy (non-hydrogen) atoms. The van der Waals surface area contributed by atoms with Gasteiger partial charge in [0.05, 0.1) is 10.7 Å². The molecule has 2 heterocycles. The van der Waals surface area contributed by atoms with Crippen molar-refractivity contribution in [1.29, 1.82) is 0 Å². The number of thioether (sulfide) groups is 1. The van der Waals surface area contributed by atoms with Crippen LogP contribution in [0, 0.1) is 10.1 Å². The topological polar surface area (TPSA) is 103 Å². The van der Waals surface area contributed by atoms with Gasteiger partial charge in [0, 0.05) is 27.9 Å². The molecule has 0 spiro atoms. The second kappa shape index (κ2) is 9.40. The lowest BCUT2D eigenvalue weighted by atomic mass is 10.1. The van der Waals surface area contributed by atoms with Crippen molar-refractivity contribution in [2.24, 2.45) is 0 Å². The number of amides is 1. The summed E-state index contributed by atoms with van der Waals surface area (Å²) in [6.07, 6.45) is 0. The van der Waals surface area contributed by atoms with E-state index in [0.717, 1.165) is 11.4 Å². The molecule has 0 unspecified atom stereocenters. The van der Waals surface area contributed by atoms with Gasteiger partial charge in [0.2, 0.25) is 5.91 Å². The molecule has 0 bridgehead atoms. The van der Waals surface area contributed by atoms with Crippen LogP contribution in [-0.4, -0.2) is 31.3 Å². The van der Waals surface area contributed by atoms with E-state index in [1.807, 2.05) is 18.4 Å². The van der Waals surface area contributed by atoms with Gasteiger partial charge < -0.3 is 5.32 Å². The van der Waals surface area contributed by atoms with Crippen molar-refractivity contribution in [1.82, 2.24) is 14.8 Å². The normalized spacial score (nSPS) is 11.3. The van der Waals surface area contributed by atoms with E-state index in [-0.39, 0.29) is 29.1 Å². The monoisotopic (exact) mass is 445 g/mol. The Kier molecular flexibility index (Phi) is 6.88. The van der Waals surface area contributed by atoms with Gasteiger partial charge >= 0.3 is 0 Å². The van der Waals surface area contributed by atoms with E-state index >= 15 is 0 Å². The van der Waals surface area contributed by atoms with Crippen LogP contribution in [0.1, 0.15) is 44.5 Å². The zero-order valence-corrected chi connectivity index (χ0v) is 18.8. The fraction of sp³-hybridized carbons (Fsp3) is 0.350. The Morgan fingerprint density at radius 3 is 2.63 bits per heavy atom. The molecule has 1 aromatic carbocycles. The average molecular weight is 446 g/mol. The van der Waals surface area contributed by atoms with E-state index in [1.165, 1.54) is 28.8 Å². The summed E-state index contributed by atoms with van der Waals surface area (Å²) in [6, 6.07) is 8.31. The highest BCUT2D eigenvalue weighted by Gasteiger charge is 2.20. The molecule has 3 rings (SSSR count). The van der Waals surface area contributed by atoms with Crippen molar-refractivity contribution in [2.45, 2.75) is 44.8 Å². The van der Waals surface area contributed by atoms with E-state index < -0.39 is 4.92 Å². The number of anilines is 1. The first-order chi connectivity index (χ1) is 14.3. The number of nitro groups is 1. The van der Waals surface area contributed by atoms with Crippen LogP contribution in [0.25, 0.3) is 11.4 Å². The maximum Gasteiger partial charge on any atom is 0.292 e. The summed E-state index contributed by atoms with van der Waals surface area (Å²) in [6.45, 7) is 8.39. The van der Waals surface area contributed by atoms with Gasteiger partial charge in [0.1, 0.15) is 5.69 Å². The van der Waals surface area contributed by atoms with E-state index in [4.69, 9.17) is 0 Å². The van der Waals surface area contributed by atoms with Gasteiger partial charge in [-0.2, -0.15) is 0 Å². The van der Waals surface area contributed by atoms with E-state index in [1.54, 1.807) is 23.5 Å². The van der Waals surface area contributed by atoms with E-state index in [9.17, 15) is 14.9 Å². The molecule has 10 heteroatoms. The van der Waals surface area contributed by atoms with Crippen molar-refractivity contribution < 1.29 is 9.72 Å². The number of hydrogen-bond acceptors (Lipinski definition) is 7. The number of carbonyl (C=O) groups excluding carboxylic acids is 1. The fourth-order valence-corrected chi connectivity index (χ4v) is 4.64. The van der Waals surface area contributed by atoms with Gasteiger partial charge in [-0.05, 0) is 31.9 Å². The second-order valence-corrected chi connectivity index (χ2v) is 9.16. The number of nitro benzene ring substituents is 1. The summed E-state index contributed by atoms with van der Waals surface area (Å²) in [5, 5.41) is 25.1. The third-order valence-electron chi connectivity index (χ3n) is 4.34. The van der Waals surface area contributed by atoms with Crippen LogP contribution in [0.5, 0.6) is 0 Å². The largest absolute Gasteiger partial charge is 0.320 e. The third-order valence-corrected chi connectivity index (χ3v) is 6.51. The number of rotatable bonds is 8. The quantitative estimate of drug-likeness (QED) is 0.285. The fourth-order valence-electron chi connectivity index (χ4n) is 2.87.